The fourth-order valence-electron chi connectivity index (χ4n) is 2.17. The van der Waals surface area contributed by atoms with Crippen molar-refractivity contribution < 1.29 is 13.2 Å². The van der Waals surface area contributed by atoms with Crippen LogP contribution in [-0.2, 0) is 16.4 Å². The average Bonchev–Trinajstić information content (AvgIpc) is 3.13. The minimum atomic E-state index is -3.60. The molecule has 1 amide bonds. The molecule has 0 saturated carbocycles. The van der Waals surface area contributed by atoms with Crippen molar-refractivity contribution >= 4 is 38.7 Å². The van der Waals surface area contributed by atoms with E-state index in [1.807, 2.05) is 12.1 Å². The monoisotopic (exact) mass is 391 g/mol. The maximum absolute atomic E-state index is 12.5. The van der Waals surface area contributed by atoms with Gasteiger partial charge in [0, 0.05) is 11.6 Å². The van der Waals surface area contributed by atoms with E-state index < -0.39 is 9.84 Å². The molecule has 0 spiro atoms. The number of carbonyl (C=O) groups excluding carboxylic acids is 1. The second kappa shape index (κ2) is 7.39. The van der Waals surface area contributed by atoms with Crippen molar-refractivity contribution in [3.05, 3.63) is 82.2 Å². The minimum absolute atomic E-state index is 0.148. The Hall–Kier alpha value is -2.15. The van der Waals surface area contributed by atoms with Crippen LogP contribution in [0.4, 0.5) is 0 Å². The highest BCUT2D eigenvalue weighted by Crippen LogP contribution is 2.27. The van der Waals surface area contributed by atoms with E-state index in [1.54, 1.807) is 30.3 Å². The normalized spacial score (nSPS) is 11.2. The summed E-state index contributed by atoms with van der Waals surface area (Å²) < 4.78 is 25.2. The van der Waals surface area contributed by atoms with Crippen LogP contribution >= 0.6 is 22.9 Å². The molecule has 0 saturated heterocycles. The molecule has 3 rings (SSSR count). The van der Waals surface area contributed by atoms with E-state index in [0.29, 0.717) is 16.4 Å². The topological polar surface area (TPSA) is 63.2 Å². The van der Waals surface area contributed by atoms with Gasteiger partial charge in [0.15, 0.2) is 0 Å². The van der Waals surface area contributed by atoms with E-state index in [1.165, 1.54) is 24.3 Å². The number of sulfone groups is 1. The van der Waals surface area contributed by atoms with Crippen molar-refractivity contribution in [2.45, 2.75) is 15.6 Å². The van der Waals surface area contributed by atoms with E-state index in [0.717, 1.165) is 16.9 Å². The summed E-state index contributed by atoms with van der Waals surface area (Å²) in [5.74, 6) is -0.311. The molecule has 2 aromatic carbocycles. The molecule has 0 unspecified atom stereocenters. The Balaban J connectivity index is 1.72. The summed E-state index contributed by atoms with van der Waals surface area (Å²) in [5, 5.41) is 3.40. The predicted octanol–water partition coefficient (Wildman–Crippen LogP) is 4.16. The molecule has 3 aromatic rings. The van der Waals surface area contributed by atoms with Gasteiger partial charge in [-0.1, -0.05) is 41.9 Å². The number of hydrogen-bond donors (Lipinski definition) is 1. The summed E-state index contributed by atoms with van der Waals surface area (Å²) in [6.07, 6.45) is 0. The van der Waals surface area contributed by atoms with Gasteiger partial charge in [-0.15, -0.1) is 11.3 Å². The molecule has 0 aliphatic carbocycles. The first kappa shape index (κ1) is 17.7. The smallest absolute Gasteiger partial charge is 0.261 e. The summed E-state index contributed by atoms with van der Waals surface area (Å²) >= 11 is 6.78. The van der Waals surface area contributed by atoms with Crippen LogP contribution in [-0.4, -0.2) is 14.3 Å². The van der Waals surface area contributed by atoms with Gasteiger partial charge in [0.1, 0.15) is 4.21 Å². The summed E-state index contributed by atoms with van der Waals surface area (Å²) in [5.41, 5.74) is 0.909. The lowest BCUT2D eigenvalue weighted by molar-refractivity contribution is 0.0955. The van der Waals surface area contributed by atoms with Crippen LogP contribution in [0.3, 0.4) is 0 Å². The summed E-state index contributed by atoms with van der Waals surface area (Å²) in [7, 11) is -3.60. The van der Waals surface area contributed by atoms with Gasteiger partial charge in [0.2, 0.25) is 9.84 Å². The van der Waals surface area contributed by atoms with Crippen molar-refractivity contribution in [1.29, 1.82) is 0 Å². The van der Waals surface area contributed by atoms with Gasteiger partial charge in [-0.2, -0.15) is 0 Å². The maximum atomic E-state index is 12.5. The fourth-order valence-corrected chi connectivity index (χ4v) is 4.95. The zero-order valence-electron chi connectivity index (χ0n) is 13.0. The third-order valence-electron chi connectivity index (χ3n) is 3.49. The minimum Gasteiger partial charge on any atom is -0.347 e. The number of carbonyl (C=O) groups is 1. The Bertz CT molecular complexity index is 981. The highest BCUT2D eigenvalue weighted by atomic mass is 35.5. The number of rotatable bonds is 5. The Morgan fingerprint density at radius 1 is 0.960 bits per heavy atom. The Morgan fingerprint density at radius 2 is 1.64 bits per heavy atom. The molecule has 0 radical (unpaired) electrons. The highest BCUT2D eigenvalue weighted by molar-refractivity contribution is 7.93. The van der Waals surface area contributed by atoms with Crippen LogP contribution in [0.1, 0.15) is 15.2 Å². The molecule has 4 nitrogen and oxygen atoms in total. The summed E-state index contributed by atoms with van der Waals surface area (Å²) in [4.78, 5) is 12.8. The molecule has 7 heteroatoms. The number of nitrogens with one attached hydrogen (secondary N) is 1. The van der Waals surface area contributed by atoms with Gasteiger partial charge < -0.3 is 5.32 Å². The second-order valence-electron chi connectivity index (χ2n) is 5.24. The van der Waals surface area contributed by atoms with Gasteiger partial charge in [0.05, 0.1) is 9.77 Å². The third kappa shape index (κ3) is 4.10. The largest absolute Gasteiger partial charge is 0.347 e. The molecule has 0 bridgehead atoms. The molecule has 0 aliphatic rings. The van der Waals surface area contributed by atoms with Gasteiger partial charge in [0.25, 0.3) is 5.91 Å². The van der Waals surface area contributed by atoms with E-state index >= 15 is 0 Å². The number of amides is 1. The van der Waals surface area contributed by atoms with Crippen LogP contribution in [0, 0.1) is 0 Å². The van der Waals surface area contributed by atoms with Gasteiger partial charge in [-0.3, -0.25) is 4.79 Å². The molecule has 1 N–H and O–H groups in total. The van der Waals surface area contributed by atoms with Crippen LogP contribution in [0.5, 0.6) is 0 Å². The quantitative estimate of drug-likeness (QED) is 0.710. The SMILES string of the molecule is O=C(NCc1ccc(Cl)cc1)c1ccc(S(=O)(=O)c2ccccc2)s1. The molecular formula is C18H14ClNO3S2. The number of halogens is 1. The van der Waals surface area contributed by atoms with Crippen molar-refractivity contribution in [2.75, 3.05) is 0 Å². The van der Waals surface area contributed by atoms with Crippen molar-refractivity contribution in [3.8, 4) is 0 Å². The molecule has 25 heavy (non-hydrogen) atoms. The van der Waals surface area contributed by atoms with Crippen molar-refractivity contribution in [2.24, 2.45) is 0 Å². The molecule has 0 aliphatic heterocycles. The summed E-state index contributed by atoms with van der Waals surface area (Å²) in [6, 6.07) is 18.3. The van der Waals surface area contributed by atoms with E-state index in [4.69, 9.17) is 11.6 Å². The number of benzene rings is 2. The zero-order valence-corrected chi connectivity index (χ0v) is 15.4. The fraction of sp³-hybridized carbons (Fsp3) is 0.0556. The van der Waals surface area contributed by atoms with Gasteiger partial charge in [-0.25, -0.2) is 8.42 Å². The molecule has 1 aromatic heterocycles. The molecular weight excluding hydrogens is 378 g/mol. The predicted molar refractivity (Wildman–Crippen MR) is 98.8 cm³/mol. The van der Waals surface area contributed by atoms with Crippen molar-refractivity contribution in [1.82, 2.24) is 5.32 Å². The number of hydrogen-bond acceptors (Lipinski definition) is 4. The van der Waals surface area contributed by atoms with Crippen LogP contribution < -0.4 is 5.32 Å². The van der Waals surface area contributed by atoms with Crippen molar-refractivity contribution in [3.63, 3.8) is 0 Å². The van der Waals surface area contributed by atoms with Crippen LogP contribution in [0.15, 0.2) is 75.8 Å². The second-order valence-corrected chi connectivity index (χ2v) is 8.94. The van der Waals surface area contributed by atoms with Gasteiger partial charge in [-0.05, 0) is 42.0 Å². The molecule has 0 atom stereocenters. The highest BCUT2D eigenvalue weighted by Gasteiger charge is 2.21. The molecule has 128 valence electrons. The first-order valence-electron chi connectivity index (χ1n) is 7.39. The molecule has 1 heterocycles. The van der Waals surface area contributed by atoms with Crippen LogP contribution in [0.2, 0.25) is 5.02 Å². The third-order valence-corrected chi connectivity index (χ3v) is 7.09. The van der Waals surface area contributed by atoms with E-state index in [9.17, 15) is 13.2 Å². The lowest BCUT2D eigenvalue weighted by atomic mass is 10.2. The van der Waals surface area contributed by atoms with Crippen LogP contribution in [0.25, 0.3) is 0 Å². The Labute approximate surface area is 155 Å². The summed E-state index contributed by atoms with van der Waals surface area (Å²) in [6.45, 7) is 0.342. The Morgan fingerprint density at radius 3 is 2.32 bits per heavy atom. The lowest BCUT2D eigenvalue weighted by Crippen LogP contribution is -2.21. The average molecular weight is 392 g/mol. The lowest BCUT2D eigenvalue weighted by Gasteiger charge is -2.04. The first-order chi connectivity index (χ1) is 12.0. The van der Waals surface area contributed by atoms with Gasteiger partial charge >= 0.3 is 0 Å². The Kier molecular flexibility index (Phi) is 5.22. The standard InChI is InChI=1S/C18H14ClNO3S2/c19-14-8-6-13(7-9-14)12-20-18(21)16-10-11-17(24-16)25(22,23)15-4-2-1-3-5-15/h1-11H,12H2,(H,20,21). The maximum Gasteiger partial charge on any atom is 0.261 e. The number of thiophene rings is 1. The van der Waals surface area contributed by atoms with E-state index in [-0.39, 0.29) is 15.0 Å². The zero-order chi connectivity index (χ0) is 17.9. The first-order valence-corrected chi connectivity index (χ1v) is 10.1. The molecule has 0 fully saturated rings. The van der Waals surface area contributed by atoms with E-state index in [2.05, 4.69) is 5.32 Å².